The molecule has 5 nitrogen and oxygen atoms in total. The maximum atomic E-state index is 12.9. The van der Waals surface area contributed by atoms with Crippen molar-refractivity contribution in [2.24, 2.45) is 7.05 Å². The lowest BCUT2D eigenvalue weighted by Crippen LogP contribution is -2.45. The predicted molar refractivity (Wildman–Crippen MR) is 83.7 cm³/mol. The van der Waals surface area contributed by atoms with Crippen LogP contribution in [0.2, 0.25) is 0 Å². The zero-order chi connectivity index (χ0) is 18.2. The van der Waals surface area contributed by atoms with E-state index in [1.165, 1.54) is 23.0 Å². The van der Waals surface area contributed by atoms with Gasteiger partial charge in [-0.2, -0.15) is 18.3 Å². The van der Waals surface area contributed by atoms with Crippen LogP contribution in [-0.2, 0) is 18.8 Å². The van der Waals surface area contributed by atoms with Crippen molar-refractivity contribution in [1.29, 1.82) is 0 Å². The van der Waals surface area contributed by atoms with Crippen LogP contribution in [0.3, 0.4) is 0 Å². The first-order valence-electron chi connectivity index (χ1n) is 7.87. The molecule has 1 aromatic heterocycles. The zero-order valence-electron chi connectivity index (χ0n) is 13.6. The Morgan fingerprint density at radius 2 is 1.96 bits per heavy atom. The van der Waals surface area contributed by atoms with E-state index in [0.717, 1.165) is 12.1 Å². The van der Waals surface area contributed by atoms with Crippen LogP contribution in [0.1, 0.15) is 34.3 Å². The topological polar surface area (TPSA) is 58.4 Å². The third-order valence-electron chi connectivity index (χ3n) is 4.56. The second kappa shape index (κ2) is 6.18. The van der Waals surface area contributed by atoms with E-state index in [2.05, 4.69) is 5.10 Å². The predicted octanol–water partition coefficient (Wildman–Crippen LogP) is 2.56. The smallest absolute Gasteiger partial charge is 0.385 e. The van der Waals surface area contributed by atoms with Crippen LogP contribution in [-0.4, -0.2) is 38.8 Å². The molecule has 1 fully saturated rings. The van der Waals surface area contributed by atoms with Gasteiger partial charge in [0.2, 0.25) is 0 Å². The first-order valence-corrected chi connectivity index (χ1v) is 7.87. The van der Waals surface area contributed by atoms with Crippen molar-refractivity contribution in [3.63, 3.8) is 0 Å². The molecule has 1 aliphatic heterocycles. The van der Waals surface area contributed by atoms with Gasteiger partial charge in [-0.1, -0.05) is 12.1 Å². The van der Waals surface area contributed by atoms with Crippen LogP contribution < -0.4 is 0 Å². The lowest BCUT2D eigenvalue weighted by molar-refractivity contribution is -0.137. The summed E-state index contributed by atoms with van der Waals surface area (Å²) in [7, 11) is 1.71. The van der Waals surface area contributed by atoms with Crippen LogP contribution in [0, 0.1) is 0 Å². The molecule has 2 heterocycles. The Kier molecular flexibility index (Phi) is 4.32. The monoisotopic (exact) mass is 353 g/mol. The van der Waals surface area contributed by atoms with Crippen LogP contribution in [0.5, 0.6) is 0 Å². The number of nitrogens with zero attached hydrogens (tertiary/aromatic N) is 3. The standard InChI is InChI=1S/C17H18F3N3O2/c1-22-11-12(10-21-22)15(24)23-7-5-16(25,6-8-23)13-3-2-4-14(9-13)17(18,19)20/h2-4,9-11,25H,5-8H2,1H3. The summed E-state index contributed by atoms with van der Waals surface area (Å²) < 4.78 is 40.1. The number of benzene rings is 1. The van der Waals surface area contributed by atoms with Crippen LogP contribution in [0.25, 0.3) is 0 Å². The molecule has 0 unspecified atom stereocenters. The Morgan fingerprint density at radius 3 is 2.52 bits per heavy atom. The molecule has 134 valence electrons. The van der Waals surface area contributed by atoms with E-state index in [1.54, 1.807) is 18.1 Å². The van der Waals surface area contributed by atoms with Gasteiger partial charge >= 0.3 is 6.18 Å². The van der Waals surface area contributed by atoms with E-state index in [9.17, 15) is 23.1 Å². The number of rotatable bonds is 2. The number of hydrogen-bond acceptors (Lipinski definition) is 3. The van der Waals surface area contributed by atoms with Crippen molar-refractivity contribution in [3.8, 4) is 0 Å². The van der Waals surface area contributed by atoms with Gasteiger partial charge in [-0.3, -0.25) is 9.48 Å². The van der Waals surface area contributed by atoms with E-state index in [0.29, 0.717) is 5.56 Å². The number of carbonyl (C=O) groups excluding carboxylic acids is 1. The number of hydrogen-bond donors (Lipinski definition) is 1. The van der Waals surface area contributed by atoms with Crippen molar-refractivity contribution in [2.45, 2.75) is 24.6 Å². The summed E-state index contributed by atoms with van der Waals surface area (Å²) in [6.07, 6.45) is -1.02. The first kappa shape index (κ1) is 17.5. The highest BCUT2D eigenvalue weighted by Crippen LogP contribution is 2.36. The van der Waals surface area contributed by atoms with Gasteiger partial charge in [0, 0.05) is 26.3 Å². The molecular weight excluding hydrogens is 335 g/mol. The molecular formula is C17H18F3N3O2. The second-order valence-electron chi connectivity index (χ2n) is 6.31. The molecule has 1 saturated heterocycles. The van der Waals surface area contributed by atoms with Gasteiger partial charge in [0.25, 0.3) is 5.91 Å². The minimum Gasteiger partial charge on any atom is -0.385 e. The van der Waals surface area contributed by atoms with Gasteiger partial charge < -0.3 is 10.0 Å². The molecule has 0 aliphatic carbocycles. The Balaban J connectivity index is 1.73. The molecule has 0 bridgehead atoms. The minimum absolute atomic E-state index is 0.181. The fourth-order valence-corrected chi connectivity index (χ4v) is 3.07. The molecule has 3 rings (SSSR count). The number of aliphatic hydroxyl groups is 1. The molecule has 0 saturated carbocycles. The first-order chi connectivity index (χ1) is 11.7. The molecule has 2 aromatic rings. The van der Waals surface area contributed by atoms with Crippen LogP contribution in [0.4, 0.5) is 13.2 Å². The second-order valence-corrected chi connectivity index (χ2v) is 6.31. The molecule has 1 amide bonds. The maximum absolute atomic E-state index is 12.9. The summed E-state index contributed by atoms with van der Waals surface area (Å²) in [6.45, 7) is 0.529. The Hall–Kier alpha value is -2.35. The van der Waals surface area contributed by atoms with E-state index >= 15 is 0 Å². The van der Waals surface area contributed by atoms with E-state index in [4.69, 9.17) is 0 Å². The average molecular weight is 353 g/mol. The quantitative estimate of drug-likeness (QED) is 0.903. The lowest BCUT2D eigenvalue weighted by Gasteiger charge is -2.38. The molecule has 0 atom stereocenters. The average Bonchev–Trinajstić information content (AvgIpc) is 3.01. The largest absolute Gasteiger partial charge is 0.416 e. The normalized spacial score (nSPS) is 17.6. The lowest BCUT2D eigenvalue weighted by atomic mass is 9.83. The third kappa shape index (κ3) is 3.53. The number of aromatic nitrogens is 2. The van der Waals surface area contributed by atoms with Crippen molar-refractivity contribution in [1.82, 2.24) is 14.7 Å². The van der Waals surface area contributed by atoms with E-state index in [1.807, 2.05) is 0 Å². The maximum Gasteiger partial charge on any atom is 0.416 e. The Morgan fingerprint density at radius 1 is 1.28 bits per heavy atom. The highest BCUT2D eigenvalue weighted by molar-refractivity contribution is 5.93. The number of carbonyl (C=O) groups is 1. The summed E-state index contributed by atoms with van der Waals surface area (Å²) in [5.74, 6) is -0.195. The number of piperidine rings is 1. The Labute approximate surface area is 142 Å². The fourth-order valence-electron chi connectivity index (χ4n) is 3.07. The highest BCUT2D eigenvalue weighted by atomic mass is 19.4. The summed E-state index contributed by atoms with van der Waals surface area (Å²) in [5.41, 5.74) is -1.47. The van der Waals surface area contributed by atoms with Gasteiger partial charge in [0.05, 0.1) is 22.9 Å². The van der Waals surface area contributed by atoms with Crippen LogP contribution >= 0.6 is 0 Å². The Bertz CT molecular complexity index is 777. The van der Waals surface area contributed by atoms with Gasteiger partial charge in [-0.05, 0) is 30.5 Å². The summed E-state index contributed by atoms with van der Waals surface area (Å²) in [4.78, 5) is 14.0. The highest BCUT2D eigenvalue weighted by Gasteiger charge is 2.38. The van der Waals surface area contributed by atoms with Crippen LogP contribution in [0.15, 0.2) is 36.7 Å². The van der Waals surface area contributed by atoms with Gasteiger partial charge in [0.1, 0.15) is 0 Å². The number of amides is 1. The van der Waals surface area contributed by atoms with Gasteiger partial charge in [-0.15, -0.1) is 0 Å². The van der Waals surface area contributed by atoms with E-state index in [-0.39, 0.29) is 37.4 Å². The number of alkyl halides is 3. The number of aryl methyl sites for hydroxylation is 1. The van der Waals surface area contributed by atoms with Crippen molar-refractivity contribution in [3.05, 3.63) is 53.3 Å². The molecule has 1 aromatic carbocycles. The third-order valence-corrected chi connectivity index (χ3v) is 4.56. The molecule has 1 N–H and O–H groups in total. The van der Waals surface area contributed by atoms with Crippen molar-refractivity contribution >= 4 is 5.91 Å². The zero-order valence-corrected chi connectivity index (χ0v) is 13.6. The molecule has 8 heteroatoms. The number of likely N-dealkylation sites (tertiary alicyclic amines) is 1. The SMILES string of the molecule is Cn1cc(C(=O)N2CCC(O)(c3cccc(C(F)(F)F)c3)CC2)cn1. The van der Waals surface area contributed by atoms with Crippen molar-refractivity contribution < 1.29 is 23.1 Å². The minimum atomic E-state index is -4.46. The summed E-state index contributed by atoms with van der Waals surface area (Å²) >= 11 is 0. The van der Waals surface area contributed by atoms with Crippen molar-refractivity contribution in [2.75, 3.05) is 13.1 Å². The molecule has 0 spiro atoms. The van der Waals surface area contributed by atoms with Gasteiger partial charge in [0.15, 0.2) is 0 Å². The molecule has 25 heavy (non-hydrogen) atoms. The van der Waals surface area contributed by atoms with Gasteiger partial charge in [-0.25, -0.2) is 0 Å². The fraction of sp³-hybridized carbons (Fsp3) is 0.412. The summed E-state index contributed by atoms with van der Waals surface area (Å²) in [5, 5.41) is 14.7. The molecule has 0 radical (unpaired) electrons. The van der Waals surface area contributed by atoms with E-state index < -0.39 is 17.3 Å². The summed E-state index contributed by atoms with van der Waals surface area (Å²) in [6, 6.07) is 4.75. The molecule has 1 aliphatic rings. The number of halogens is 3.